The molecular weight excluding hydrogens is 214 g/mol. The molecule has 0 fully saturated rings. The molecule has 0 aliphatic heterocycles. The molecule has 0 atom stereocenters. The summed E-state index contributed by atoms with van der Waals surface area (Å²) in [6.07, 6.45) is 0. The van der Waals surface area contributed by atoms with Gasteiger partial charge in [0.05, 0.1) is 5.71 Å². The van der Waals surface area contributed by atoms with Crippen molar-refractivity contribution in [2.24, 2.45) is 0 Å². The van der Waals surface area contributed by atoms with Crippen LogP contribution in [-0.2, 0) is 0 Å². The van der Waals surface area contributed by atoms with Crippen LogP contribution in [0.4, 0.5) is 5.82 Å². The topological polar surface area (TPSA) is 99.4 Å². The van der Waals surface area contributed by atoms with Gasteiger partial charge in [-0.1, -0.05) is 24.3 Å². The molecule has 0 saturated carbocycles. The van der Waals surface area contributed by atoms with Gasteiger partial charge in [-0.25, -0.2) is 9.97 Å². The first-order valence-electron chi connectivity index (χ1n) is 4.98. The molecule has 17 heavy (non-hydrogen) atoms. The van der Waals surface area contributed by atoms with Gasteiger partial charge in [-0.05, 0) is 0 Å². The SMILES string of the molecule is N#Cc1nc2c(nc1N)-c1ccccc1C2=N. The summed E-state index contributed by atoms with van der Waals surface area (Å²) in [5.41, 5.74) is 8.63. The van der Waals surface area contributed by atoms with Gasteiger partial charge in [0.15, 0.2) is 11.5 Å². The molecule has 0 bridgehead atoms. The Balaban J connectivity index is 2.37. The number of benzene rings is 1. The van der Waals surface area contributed by atoms with E-state index in [4.69, 9.17) is 16.4 Å². The minimum atomic E-state index is 0.0707. The van der Waals surface area contributed by atoms with Crippen LogP contribution in [0.3, 0.4) is 0 Å². The van der Waals surface area contributed by atoms with E-state index in [-0.39, 0.29) is 11.5 Å². The lowest BCUT2D eigenvalue weighted by Crippen LogP contribution is -2.05. The van der Waals surface area contributed by atoms with Gasteiger partial charge in [-0.3, -0.25) is 5.41 Å². The maximum Gasteiger partial charge on any atom is 0.183 e. The number of nitrogens with two attached hydrogens (primary N) is 1. The molecule has 5 nitrogen and oxygen atoms in total. The molecule has 5 heteroatoms. The van der Waals surface area contributed by atoms with E-state index in [2.05, 4.69) is 9.97 Å². The predicted octanol–water partition coefficient (Wildman–Crippen LogP) is 1.33. The van der Waals surface area contributed by atoms with Gasteiger partial charge >= 0.3 is 0 Å². The zero-order chi connectivity index (χ0) is 12.0. The Kier molecular flexibility index (Phi) is 1.74. The molecule has 0 saturated heterocycles. The predicted molar refractivity (Wildman–Crippen MR) is 62.5 cm³/mol. The second-order valence-corrected chi connectivity index (χ2v) is 3.69. The summed E-state index contributed by atoms with van der Waals surface area (Å²) >= 11 is 0. The van der Waals surface area contributed by atoms with E-state index in [1.165, 1.54) is 0 Å². The molecule has 2 aromatic rings. The Morgan fingerprint density at radius 2 is 1.82 bits per heavy atom. The van der Waals surface area contributed by atoms with Gasteiger partial charge in [-0.2, -0.15) is 5.26 Å². The zero-order valence-corrected chi connectivity index (χ0v) is 8.73. The van der Waals surface area contributed by atoms with Gasteiger partial charge in [0.2, 0.25) is 0 Å². The van der Waals surface area contributed by atoms with E-state index in [1.807, 2.05) is 30.3 Å². The van der Waals surface area contributed by atoms with Crippen LogP contribution in [0, 0.1) is 16.7 Å². The molecule has 0 spiro atoms. The van der Waals surface area contributed by atoms with E-state index in [0.29, 0.717) is 17.1 Å². The van der Waals surface area contributed by atoms with Crippen LogP contribution >= 0.6 is 0 Å². The first-order valence-corrected chi connectivity index (χ1v) is 4.98. The van der Waals surface area contributed by atoms with Crippen LogP contribution in [-0.4, -0.2) is 15.7 Å². The zero-order valence-electron chi connectivity index (χ0n) is 8.73. The van der Waals surface area contributed by atoms with Crippen LogP contribution in [0.1, 0.15) is 17.0 Å². The number of nitrogens with zero attached hydrogens (tertiary/aromatic N) is 3. The van der Waals surface area contributed by atoms with Crippen molar-refractivity contribution >= 4 is 11.5 Å². The van der Waals surface area contributed by atoms with Crippen LogP contribution in [0.2, 0.25) is 0 Å². The Hall–Kier alpha value is -2.74. The molecule has 1 aliphatic rings. The first kappa shape index (κ1) is 9.48. The smallest absolute Gasteiger partial charge is 0.183 e. The van der Waals surface area contributed by atoms with Crippen LogP contribution < -0.4 is 5.73 Å². The molecule has 3 rings (SSSR count). The van der Waals surface area contributed by atoms with E-state index in [9.17, 15) is 0 Å². The molecule has 1 heterocycles. The summed E-state index contributed by atoms with van der Waals surface area (Å²) in [6, 6.07) is 9.31. The summed E-state index contributed by atoms with van der Waals surface area (Å²) in [5.74, 6) is 0.107. The highest BCUT2D eigenvalue weighted by Crippen LogP contribution is 2.34. The van der Waals surface area contributed by atoms with Crippen LogP contribution in [0.15, 0.2) is 24.3 Å². The van der Waals surface area contributed by atoms with Crippen molar-refractivity contribution in [2.75, 3.05) is 5.73 Å². The van der Waals surface area contributed by atoms with Crippen molar-refractivity contribution in [3.63, 3.8) is 0 Å². The second-order valence-electron chi connectivity index (χ2n) is 3.69. The highest BCUT2D eigenvalue weighted by molar-refractivity contribution is 6.21. The van der Waals surface area contributed by atoms with E-state index in [1.54, 1.807) is 0 Å². The van der Waals surface area contributed by atoms with Gasteiger partial charge in [0, 0.05) is 11.1 Å². The van der Waals surface area contributed by atoms with Crippen molar-refractivity contribution in [3.8, 4) is 17.3 Å². The number of fused-ring (bicyclic) bond motifs is 3. The van der Waals surface area contributed by atoms with Gasteiger partial charge in [0.25, 0.3) is 0 Å². The Bertz CT molecular complexity index is 697. The molecular formula is C12H7N5. The van der Waals surface area contributed by atoms with Gasteiger partial charge < -0.3 is 5.73 Å². The molecule has 1 aliphatic carbocycles. The number of hydrogen-bond donors (Lipinski definition) is 2. The fourth-order valence-electron chi connectivity index (χ4n) is 1.93. The monoisotopic (exact) mass is 221 g/mol. The van der Waals surface area contributed by atoms with E-state index >= 15 is 0 Å². The lowest BCUT2D eigenvalue weighted by Gasteiger charge is -2.01. The maximum atomic E-state index is 8.85. The largest absolute Gasteiger partial charge is 0.381 e. The maximum absolute atomic E-state index is 8.85. The minimum absolute atomic E-state index is 0.0707. The highest BCUT2D eigenvalue weighted by Gasteiger charge is 2.27. The van der Waals surface area contributed by atoms with Crippen molar-refractivity contribution in [1.29, 1.82) is 10.7 Å². The molecule has 3 N–H and O–H groups in total. The normalized spacial score (nSPS) is 11.8. The number of anilines is 1. The summed E-state index contributed by atoms with van der Waals surface area (Å²) in [6.45, 7) is 0. The van der Waals surface area contributed by atoms with Crippen molar-refractivity contribution < 1.29 is 0 Å². The number of nitrogen functional groups attached to an aromatic ring is 1. The third kappa shape index (κ3) is 1.15. The minimum Gasteiger partial charge on any atom is -0.381 e. The summed E-state index contributed by atoms with van der Waals surface area (Å²) in [4.78, 5) is 8.26. The van der Waals surface area contributed by atoms with Crippen LogP contribution in [0.25, 0.3) is 11.3 Å². The molecule has 0 radical (unpaired) electrons. The van der Waals surface area contributed by atoms with Crippen molar-refractivity contribution in [3.05, 3.63) is 41.2 Å². The summed E-state index contributed by atoms with van der Waals surface area (Å²) in [5, 5.41) is 16.9. The second kappa shape index (κ2) is 3.12. The number of aromatic nitrogens is 2. The number of nitriles is 1. The van der Waals surface area contributed by atoms with Gasteiger partial charge in [-0.15, -0.1) is 0 Å². The molecule has 0 unspecified atom stereocenters. The number of nitrogens with one attached hydrogen (secondary N) is 1. The molecule has 1 aromatic heterocycles. The van der Waals surface area contributed by atoms with E-state index in [0.717, 1.165) is 11.1 Å². The third-order valence-corrected chi connectivity index (χ3v) is 2.72. The average Bonchev–Trinajstić information content (AvgIpc) is 2.63. The molecule has 0 amide bonds. The lowest BCUT2D eigenvalue weighted by molar-refractivity contribution is 1.17. The highest BCUT2D eigenvalue weighted by atomic mass is 14.9. The van der Waals surface area contributed by atoms with E-state index < -0.39 is 0 Å². The Morgan fingerprint density at radius 1 is 1.12 bits per heavy atom. The van der Waals surface area contributed by atoms with Crippen molar-refractivity contribution in [2.45, 2.75) is 0 Å². The fraction of sp³-hybridized carbons (Fsp3) is 0. The first-order chi connectivity index (χ1) is 8.22. The van der Waals surface area contributed by atoms with Crippen molar-refractivity contribution in [1.82, 2.24) is 9.97 Å². The quantitative estimate of drug-likeness (QED) is 0.598. The summed E-state index contributed by atoms with van der Waals surface area (Å²) < 4.78 is 0. The standard InChI is InChI=1S/C12H7N5/c13-5-8-12(15)17-10-7-4-2-1-3-6(7)9(14)11(10)16-8/h1-4,14H,(H2,15,17). The third-order valence-electron chi connectivity index (χ3n) is 2.72. The molecule has 80 valence electrons. The lowest BCUT2D eigenvalue weighted by atomic mass is 10.1. The van der Waals surface area contributed by atoms with Crippen LogP contribution in [0.5, 0.6) is 0 Å². The Morgan fingerprint density at radius 3 is 2.53 bits per heavy atom. The average molecular weight is 221 g/mol. The number of hydrogen-bond acceptors (Lipinski definition) is 5. The number of rotatable bonds is 0. The molecule has 1 aromatic carbocycles. The summed E-state index contributed by atoms with van der Waals surface area (Å²) in [7, 11) is 0. The van der Waals surface area contributed by atoms with Gasteiger partial charge in [0.1, 0.15) is 17.5 Å². The fourth-order valence-corrected chi connectivity index (χ4v) is 1.93. The Labute approximate surface area is 97.1 Å².